The van der Waals surface area contributed by atoms with Gasteiger partial charge in [0.05, 0.1) is 0 Å². The van der Waals surface area contributed by atoms with Crippen LogP contribution in [0.1, 0.15) is 18.9 Å². The molecular weight excluding hydrogens is 320 g/mol. The number of hydrogen-bond donors (Lipinski definition) is 2. The Labute approximate surface area is 127 Å². The van der Waals surface area contributed by atoms with Crippen molar-refractivity contribution in [1.29, 1.82) is 0 Å². The molecule has 106 valence electrons. The zero-order chi connectivity index (χ0) is 15.1. The van der Waals surface area contributed by atoms with Crippen LogP contribution in [0.5, 0.6) is 0 Å². The fourth-order valence-electron chi connectivity index (χ4n) is 1.72. The summed E-state index contributed by atoms with van der Waals surface area (Å²) in [5.41, 5.74) is 6.23. The third-order valence-corrected chi connectivity index (χ3v) is 3.41. The van der Waals surface area contributed by atoms with Crippen LogP contribution in [0.2, 0.25) is 0 Å². The maximum absolute atomic E-state index is 12.0. The van der Waals surface area contributed by atoms with E-state index in [2.05, 4.69) is 27.2 Å². The van der Waals surface area contributed by atoms with Crippen LogP contribution >= 0.6 is 15.9 Å². The third-order valence-electron chi connectivity index (χ3n) is 2.88. The first-order chi connectivity index (χ1) is 9.43. The SMILES string of the molecule is C#CC[C@@H](NC(=O)[C@H](C)Cc1ccc(Br)cc1)C(N)=O. The van der Waals surface area contributed by atoms with Gasteiger partial charge in [-0.05, 0) is 24.1 Å². The molecule has 0 radical (unpaired) electrons. The van der Waals surface area contributed by atoms with Crippen LogP contribution in [0.25, 0.3) is 0 Å². The van der Waals surface area contributed by atoms with Gasteiger partial charge in [-0.25, -0.2) is 0 Å². The summed E-state index contributed by atoms with van der Waals surface area (Å²) in [6.45, 7) is 1.80. The van der Waals surface area contributed by atoms with Crippen LogP contribution < -0.4 is 11.1 Å². The Morgan fingerprint density at radius 1 is 1.40 bits per heavy atom. The van der Waals surface area contributed by atoms with E-state index in [9.17, 15) is 9.59 Å². The largest absolute Gasteiger partial charge is 0.368 e. The Morgan fingerprint density at radius 3 is 2.50 bits per heavy atom. The number of primary amides is 1. The highest BCUT2D eigenvalue weighted by atomic mass is 79.9. The molecule has 0 aromatic heterocycles. The molecule has 1 aromatic rings. The van der Waals surface area contributed by atoms with E-state index in [1.807, 2.05) is 24.3 Å². The second-order valence-corrected chi connectivity index (χ2v) is 5.52. The normalized spacial score (nSPS) is 13.1. The number of carbonyl (C=O) groups is 2. The summed E-state index contributed by atoms with van der Waals surface area (Å²) in [7, 11) is 0. The van der Waals surface area contributed by atoms with Gasteiger partial charge in [-0.3, -0.25) is 9.59 Å². The van der Waals surface area contributed by atoms with Gasteiger partial charge >= 0.3 is 0 Å². The van der Waals surface area contributed by atoms with E-state index < -0.39 is 11.9 Å². The van der Waals surface area contributed by atoms with E-state index in [1.54, 1.807) is 6.92 Å². The zero-order valence-corrected chi connectivity index (χ0v) is 12.8. The van der Waals surface area contributed by atoms with Gasteiger partial charge in [0.25, 0.3) is 0 Å². The molecule has 0 bridgehead atoms. The van der Waals surface area contributed by atoms with Crippen LogP contribution in [-0.4, -0.2) is 17.9 Å². The van der Waals surface area contributed by atoms with Crippen molar-refractivity contribution in [1.82, 2.24) is 5.32 Å². The highest BCUT2D eigenvalue weighted by Crippen LogP contribution is 2.14. The van der Waals surface area contributed by atoms with Crippen molar-refractivity contribution in [2.24, 2.45) is 11.7 Å². The molecule has 0 spiro atoms. The molecule has 0 heterocycles. The molecule has 0 saturated heterocycles. The number of benzene rings is 1. The number of carbonyl (C=O) groups excluding carboxylic acids is 2. The maximum atomic E-state index is 12.0. The van der Waals surface area contributed by atoms with Crippen LogP contribution in [-0.2, 0) is 16.0 Å². The predicted octanol–water partition coefficient (Wildman–Crippen LogP) is 1.62. The Morgan fingerprint density at radius 2 is 2.00 bits per heavy atom. The highest BCUT2D eigenvalue weighted by molar-refractivity contribution is 9.10. The summed E-state index contributed by atoms with van der Waals surface area (Å²) in [4.78, 5) is 23.2. The molecule has 4 nitrogen and oxygen atoms in total. The van der Waals surface area contributed by atoms with Gasteiger partial charge < -0.3 is 11.1 Å². The fraction of sp³-hybridized carbons (Fsp3) is 0.333. The summed E-state index contributed by atoms with van der Waals surface area (Å²) in [5, 5.41) is 2.58. The van der Waals surface area contributed by atoms with Crippen molar-refractivity contribution >= 4 is 27.7 Å². The maximum Gasteiger partial charge on any atom is 0.240 e. The first kappa shape index (κ1) is 16.3. The number of nitrogens with one attached hydrogen (secondary N) is 1. The van der Waals surface area contributed by atoms with Gasteiger partial charge in [0.1, 0.15) is 6.04 Å². The minimum absolute atomic E-state index is 0.103. The van der Waals surface area contributed by atoms with E-state index in [0.29, 0.717) is 6.42 Å². The van der Waals surface area contributed by atoms with Gasteiger partial charge in [0, 0.05) is 16.8 Å². The van der Waals surface area contributed by atoms with Crippen molar-refractivity contribution in [3.63, 3.8) is 0 Å². The minimum Gasteiger partial charge on any atom is -0.368 e. The smallest absolute Gasteiger partial charge is 0.240 e. The summed E-state index contributed by atoms with van der Waals surface area (Å²) in [6.07, 6.45) is 5.83. The van der Waals surface area contributed by atoms with Crippen molar-refractivity contribution < 1.29 is 9.59 Å². The Balaban J connectivity index is 2.60. The monoisotopic (exact) mass is 336 g/mol. The summed E-state index contributed by atoms with van der Waals surface area (Å²) >= 11 is 3.36. The molecule has 3 N–H and O–H groups in total. The fourth-order valence-corrected chi connectivity index (χ4v) is 1.99. The minimum atomic E-state index is -0.806. The lowest BCUT2D eigenvalue weighted by atomic mass is 10.00. The first-order valence-corrected chi connectivity index (χ1v) is 7.01. The van der Waals surface area contributed by atoms with Crippen molar-refractivity contribution in [3.8, 4) is 12.3 Å². The predicted molar refractivity (Wildman–Crippen MR) is 81.6 cm³/mol. The third kappa shape index (κ3) is 5.06. The van der Waals surface area contributed by atoms with E-state index in [4.69, 9.17) is 12.2 Å². The Bertz CT molecular complexity index is 520. The molecule has 20 heavy (non-hydrogen) atoms. The lowest BCUT2D eigenvalue weighted by Gasteiger charge is -2.17. The topological polar surface area (TPSA) is 72.2 Å². The quantitative estimate of drug-likeness (QED) is 0.775. The van der Waals surface area contributed by atoms with E-state index in [1.165, 1.54) is 0 Å². The lowest BCUT2D eigenvalue weighted by Crippen LogP contribution is -2.46. The molecule has 5 heteroatoms. The highest BCUT2D eigenvalue weighted by Gasteiger charge is 2.20. The summed E-state index contributed by atoms with van der Waals surface area (Å²) < 4.78 is 0.987. The van der Waals surface area contributed by atoms with E-state index in [0.717, 1.165) is 10.0 Å². The summed E-state index contributed by atoms with van der Waals surface area (Å²) in [5.74, 6) is 1.21. The molecule has 0 aliphatic heterocycles. The number of terminal acetylenes is 1. The average molecular weight is 337 g/mol. The molecule has 0 aliphatic rings. The Kier molecular flexibility index (Phi) is 6.26. The van der Waals surface area contributed by atoms with E-state index >= 15 is 0 Å². The molecule has 0 aliphatic carbocycles. The summed E-state index contributed by atoms with van der Waals surface area (Å²) in [6, 6.07) is 6.93. The van der Waals surface area contributed by atoms with Crippen LogP contribution in [0.15, 0.2) is 28.7 Å². The number of nitrogens with two attached hydrogens (primary N) is 1. The number of amides is 2. The van der Waals surface area contributed by atoms with Gasteiger partial charge in [0.2, 0.25) is 11.8 Å². The molecule has 1 aromatic carbocycles. The molecule has 0 saturated carbocycles. The van der Waals surface area contributed by atoms with Crippen LogP contribution in [0.3, 0.4) is 0 Å². The number of rotatable bonds is 6. The van der Waals surface area contributed by atoms with Gasteiger partial charge in [-0.15, -0.1) is 12.3 Å². The molecular formula is C15H17BrN2O2. The molecule has 2 amide bonds. The Hall–Kier alpha value is -1.80. The van der Waals surface area contributed by atoms with Gasteiger partial charge in [0.15, 0.2) is 0 Å². The molecule has 0 unspecified atom stereocenters. The van der Waals surface area contributed by atoms with E-state index in [-0.39, 0.29) is 18.2 Å². The lowest BCUT2D eigenvalue weighted by molar-refractivity contribution is -0.129. The zero-order valence-electron chi connectivity index (χ0n) is 11.2. The molecule has 1 rings (SSSR count). The number of hydrogen-bond acceptors (Lipinski definition) is 2. The van der Waals surface area contributed by atoms with Crippen molar-refractivity contribution in [2.45, 2.75) is 25.8 Å². The van der Waals surface area contributed by atoms with Gasteiger partial charge in [-0.2, -0.15) is 0 Å². The van der Waals surface area contributed by atoms with Crippen LogP contribution in [0, 0.1) is 18.3 Å². The standard InChI is InChI=1S/C15H17BrN2O2/c1-3-4-13(14(17)19)18-15(20)10(2)9-11-5-7-12(16)8-6-11/h1,5-8,10,13H,4,9H2,2H3,(H2,17,19)(H,18,20)/t10-,13-/m1/s1. The second kappa shape index (κ2) is 7.71. The van der Waals surface area contributed by atoms with Gasteiger partial charge in [-0.1, -0.05) is 35.0 Å². The van der Waals surface area contributed by atoms with Crippen LogP contribution in [0.4, 0.5) is 0 Å². The average Bonchev–Trinajstić information content (AvgIpc) is 2.40. The second-order valence-electron chi connectivity index (χ2n) is 4.60. The first-order valence-electron chi connectivity index (χ1n) is 6.21. The van der Waals surface area contributed by atoms with Crippen molar-refractivity contribution in [3.05, 3.63) is 34.3 Å². The number of halogens is 1. The molecule has 0 fully saturated rings. The van der Waals surface area contributed by atoms with Crippen molar-refractivity contribution in [2.75, 3.05) is 0 Å². The molecule has 2 atom stereocenters.